The lowest BCUT2D eigenvalue weighted by atomic mass is 10.2. The number of hydrogen-bond donors (Lipinski definition) is 0. The molecule has 0 N–H and O–H groups in total. The first-order valence-electron chi connectivity index (χ1n) is 3.58. The molecule has 0 amide bonds. The van der Waals surface area contributed by atoms with Crippen LogP contribution in [0.1, 0.15) is 28.2 Å². The van der Waals surface area contributed by atoms with Crippen molar-refractivity contribution >= 4 is 33.8 Å². The van der Waals surface area contributed by atoms with Crippen molar-refractivity contribution in [2.75, 3.05) is 0 Å². The highest BCUT2D eigenvalue weighted by Crippen LogP contribution is 2.27. The molecule has 0 aromatic carbocycles. The number of pyridine rings is 1. The monoisotopic (exact) mass is 283 g/mol. The first-order chi connectivity index (χ1) is 6.60. The van der Waals surface area contributed by atoms with E-state index in [4.69, 9.17) is 11.6 Å². The Labute approximate surface area is 92.4 Å². The lowest BCUT2D eigenvalue weighted by Gasteiger charge is -2.07. The molecule has 0 unspecified atom stereocenters. The van der Waals surface area contributed by atoms with E-state index in [0.717, 1.165) is 0 Å². The van der Waals surface area contributed by atoms with E-state index in [-0.39, 0.29) is 27.3 Å². The smallest absolute Gasteiger partial charge is 0.265 e. The largest absolute Gasteiger partial charge is 0.296 e. The van der Waals surface area contributed by atoms with Crippen LogP contribution in [0.2, 0.25) is 0 Å². The van der Waals surface area contributed by atoms with Crippen LogP contribution < -0.4 is 0 Å². The van der Waals surface area contributed by atoms with E-state index in [9.17, 15) is 13.6 Å². The summed E-state index contributed by atoms with van der Waals surface area (Å²) in [5.74, 6) is -0.145. The Morgan fingerprint density at radius 2 is 2.29 bits per heavy atom. The van der Waals surface area contributed by atoms with Gasteiger partial charge in [0.05, 0.1) is 11.6 Å². The normalized spacial score (nSPS) is 10.6. The van der Waals surface area contributed by atoms with Crippen molar-refractivity contribution < 1.29 is 13.6 Å². The fourth-order valence-electron chi connectivity index (χ4n) is 0.936. The number of rotatable bonds is 3. The second-order valence-corrected chi connectivity index (χ2v) is 3.57. The van der Waals surface area contributed by atoms with Crippen molar-refractivity contribution in [3.63, 3.8) is 0 Å². The van der Waals surface area contributed by atoms with Gasteiger partial charge in [-0.05, 0) is 22.0 Å². The summed E-state index contributed by atoms with van der Waals surface area (Å²) in [5, 5.41) is 0. The first-order valence-corrected chi connectivity index (χ1v) is 4.91. The van der Waals surface area contributed by atoms with Gasteiger partial charge in [0, 0.05) is 10.0 Å². The summed E-state index contributed by atoms with van der Waals surface area (Å²) >= 11 is 8.40. The zero-order valence-electron chi connectivity index (χ0n) is 6.81. The number of aldehydes is 1. The van der Waals surface area contributed by atoms with E-state index in [2.05, 4.69) is 20.9 Å². The Hall–Kier alpha value is -0.550. The van der Waals surface area contributed by atoms with Gasteiger partial charge in [-0.25, -0.2) is 13.8 Å². The highest BCUT2D eigenvalue weighted by molar-refractivity contribution is 9.10. The van der Waals surface area contributed by atoms with E-state index in [1.165, 1.54) is 6.07 Å². The molecule has 0 spiro atoms. The molecular weight excluding hydrogens is 279 g/mol. The third-order valence-electron chi connectivity index (χ3n) is 1.59. The highest BCUT2D eigenvalue weighted by Gasteiger charge is 2.16. The van der Waals surface area contributed by atoms with Crippen molar-refractivity contribution in [2.24, 2.45) is 0 Å². The molecule has 0 bridgehead atoms. The molecule has 0 saturated carbocycles. The number of hydrogen-bond acceptors (Lipinski definition) is 2. The van der Waals surface area contributed by atoms with Gasteiger partial charge in [-0.1, -0.05) is 0 Å². The van der Waals surface area contributed by atoms with Gasteiger partial charge in [-0.15, -0.1) is 11.6 Å². The average molecular weight is 284 g/mol. The van der Waals surface area contributed by atoms with E-state index in [1.54, 1.807) is 0 Å². The van der Waals surface area contributed by atoms with Crippen LogP contribution in [-0.2, 0) is 5.88 Å². The number of alkyl halides is 3. The van der Waals surface area contributed by atoms with Crippen molar-refractivity contribution in [1.82, 2.24) is 4.98 Å². The molecule has 1 aromatic rings. The average Bonchev–Trinajstić information content (AvgIpc) is 2.17. The van der Waals surface area contributed by atoms with Crippen molar-refractivity contribution in [2.45, 2.75) is 12.3 Å². The number of carbonyl (C=O) groups is 1. The summed E-state index contributed by atoms with van der Waals surface area (Å²) in [6.07, 6.45) is -2.16. The molecule has 1 aromatic heterocycles. The van der Waals surface area contributed by atoms with Gasteiger partial charge in [0.15, 0.2) is 6.29 Å². The number of aromatic nitrogens is 1. The number of nitrogens with zero attached hydrogens (tertiary/aromatic N) is 1. The first kappa shape index (κ1) is 11.5. The summed E-state index contributed by atoms with van der Waals surface area (Å²) < 4.78 is 25.1. The van der Waals surface area contributed by atoms with Gasteiger partial charge in [-0.3, -0.25) is 4.79 Å². The van der Waals surface area contributed by atoms with Gasteiger partial charge in [0.2, 0.25) is 0 Å². The summed E-state index contributed by atoms with van der Waals surface area (Å²) in [5.41, 5.74) is -0.144. The van der Waals surface area contributed by atoms with Gasteiger partial charge in [-0.2, -0.15) is 0 Å². The molecule has 0 fully saturated rings. The Morgan fingerprint density at radius 3 is 2.71 bits per heavy atom. The fraction of sp³-hybridized carbons (Fsp3) is 0.250. The van der Waals surface area contributed by atoms with Gasteiger partial charge in [0.1, 0.15) is 5.69 Å². The minimum absolute atomic E-state index is 0.0342. The molecule has 0 atom stereocenters. The Morgan fingerprint density at radius 1 is 1.64 bits per heavy atom. The lowest BCUT2D eigenvalue weighted by molar-refractivity contribution is 0.111. The number of halogens is 4. The van der Waals surface area contributed by atoms with Crippen molar-refractivity contribution in [3.8, 4) is 0 Å². The summed E-state index contributed by atoms with van der Waals surface area (Å²) in [7, 11) is 0. The Balaban J connectivity index is 3.31. The van der Waals surface area contributed by atoms with Crippen LogP contribution in [0.15, 0.2) is 10.5 Å². The molecule has 1 rings (SSSR count). The third-order valence-corrected chi connectivity index (χ3v) is 2.48. The topological polar surface area (TPSA) is 30.0 Å². The van der Waals surface area contributed by atoms with Crippen LogP contribution in [0.25, 0.3) is 0 Å². The van der Waals surface area contributed by atoms with Crippen LogP contribution in [0, 0.1) is 0 Å². The molecule has 14 heavy (non-hydrogen) atoms. The SMILES string of the molecule is O=Cc1nc(CCl)c(C(F)F)cc1Br. The molecule has 0 saturated heterocycles. The maximum Gasteiger partial charge on any atom is 0.265 e. The van der Waals surface area contributed by atoms with Crippen molar-refractivity contribution in [3.05, 3.63) is 27.5 Å². The highest BCUT2D eigenvalue weighted by atomic mass is 79.9. The maximum absolute atomic E-state index is 12.4. The second kappa shape index (κ2) is 4.79. The molecule has 2 nitrogen and oxygen atoms in total. The van der Waals surface area contributed by atoms with Crippen LogP contribution in [0.3, 0.4) is 0 Å². The Kier molecular flexibility index (Phi) is 3.95. The van der Waals surface area contributed by atoms with Crippen LogP contribution in [0.4, 0.5) is 8.78 Å². The van der Waals surface area contributed by atoms with Gasteiger partial charge >= 0.3 is 0 Å². The van der Waals surface area contributed by atoms with Gasteiger partial charge in [0.25, 0.3) is 6.43 Å². The van der Waals surface area contributed by atoms with Crippen LogP contribution in [0.5, 0.6) is 0 Å². The zero-order chi connectivity index (χ0) is 10.7. The van der Waals surface area contributed by atoms with Crippen molar-refractivity contribution in [1.29, 1.82) is 0 Å². The molecule has 0 aliphatic carbocycles. The molecule has 0 radical (unpaired) electrons. The van der Waals surface area contributed by atoms with E-state index < -0.39 is 6.43 Å². The quantitative estimate of drug-likeness (QED) is 0.629. The van der Waals surface area contributed by atoms with E-state index >= 15 is 0 Å². The van der Waals surface area contributed by atoms with Crippen LogP contribution >= 0.6 is 27.5 Å². The molecule has 76 valence electrons. The lowest BCUT2D eigenvalue weighted by Crippen LogP contribution is -2.01. The minimum atomic E-state index is -2.65. The summed E-state index contributed by atoms with van der Waals surface area (Å²) in [6.45, 7) is 0. The van der Waals surface area contributed by atoms with Gasteiger partial charge < -0.3 is 0 Å². The maximum atomic E-state index is 12.4. The molecule has 1 heterocycles. The minimum Gasteiger partial charge on any atom is -0.296 e. The predicted molar refractivity (Wildman–Crippen MR) is 51.8 cm³/mol. The summed E-state index contributed by atoms with van der Waals surface area (Å²) in [6, 6.07) is 1.17. The molecule has 0 aliphatic rings. The standard InChI is InChI=1S/C8H5BrClF2NO/c9-5-1-4(8(11)12)6(2-10)13-7(5)3-14/h1,3,8H,2H2. The molecule has 0 aliphatic heterocycles. The second-order valence-electron chi connectivity index (χ2n) is 2.44. The van der Waals surface area contributed by atoms with E-state index in [0.29, 0.717) is 6.29 Å². The predicted octanol–water partition coefficient (Wildman–Crippen LogP) is 3.33. The zero-order valence-corrected chi connectivity index (χ0v) is 9.15. The molecule has 6 heteroatoms. The Bertz CT molecular complexity index is 359. The fourth-order valence-corrected chi connectivity index (χ4v) is 1.58. The third kappa shape index (κ3) is 2.27. The van der Waals surface area contributed by atoms with Crippen LogP contribution in [-0.4, -0.2) is 11.3 Å². The molecular formula is C8H5BrClF2NO. The van der Waals surface area contributed by atoms with E-state index in [1.807, 2.05) is 0 Å². The number of carbonyl (C=O) groups excluding carboxylic acids is 1. The summed E-state index contributed by atoms with van der Waals surface area (Å²) in [4.78, 5) is 14.2.